The topological polar surface area (TPSA) is 78.4 Å². The quantitative estimate of drug-likeness (QED) is 0.729. The third-order valence-electron chi connectivity index (χ3n) is 4.75. The molecule has 21 heavy (non-hydrogen) atoms. The lowest BCUT2D eigenvalue weighted by molar-refractivity contribution is -0.139. The first-order valence-corrected chi connectivity index (χ1v) is 9.17. The molecule has 2 saturated carbocycles. The Labute approximate surface area is 130 Å². The van der Waals surface area contributed by atoms with Gasteiger partial charge in [-0.15, -0.1) is 0 Å². The molecule has 2 fully saturated rings. The lowest BCUT2D eigenvalue weighted by Gasteiger charge is -2.37. The van der Waals surface area contributed by atoms with Crippen LogP contribution in [-0.2, 0) is 4.79 Å². The van der Waals surface area contributed by atoms with E-state index in [1.165, 1.54) is 0 Å². The largest absolute Gasteiger partial charge is 0.481 e. The maximum atomic E-state index is 12.3. The second-order valence-electron chi connectivity index (χ2n) is 6.32. The molecule has 0 aromatic rings. The summed E-state index contributed by atoms with van der Waals surface area (Å²) in [5.74, 6) is -0.833. The number of carboxylic acids is 1. The van der Waals surface area contributed by atoms with Crippen LogP contribution in [0.1, 0.15) is 57.8 Å². The molecule has 0 bridgehead atoms. The highest BCUT2D eigenvalue weighted by Crippen LogP contribution is 2.32. The van der Waals surface area contributed by atoms with Crippen LogP contribution in [0.4, 0.5) is 4.79 Å². The third-order valence-corrected chi connectivity index (χ3v) is 5.92. The molecular weight excluding hydrogens is 288 g/mol. The van der Waals surface area contributed by atoms with E-state index < -0.39 is 11.5 Å². The number of amides is 2. The number of hydrogen-bond acceptors (Lipinski definition) is 3. The summed E-state index contributed by atoms with van der Waals surface area (Å²) < 4.78 is 0. The summed E-state index contributed by atoms with van der Waals surface area (Å²) in [5, 5.41) is 15.7. The SMILES string of the molecule is CSC1CCCC1NC(=O)NC1(CC(=O)O)CCCCC1. The number of thioether (sulfide) groups is 1. The van der Waals surface area contributed by atoms with Crippen molar-refractivity contribution < 1.29 is 14.7 Å². The number of nitrogens with one attached hydrogen (secondary N) is 2. The Hall–Kier alpha value is -0.910. The smallest absolute Gasteiger partial charge is 0.315 e. The summed E-state index contributed by atoms with van der Waals surface area (Å²) in [5.41, 5.74) is -0.554. The zero-order chi connectivity index (χ0) is 15.3. The molecule has 0 radical (unpaired) electrons. The number of carbonyl (C=O) groups is 2. The van der Waals surface area contributed by atoms with Crippen molar-refractivity contribution in [3.8, 4) is 0 Å². The molecule has 0 spiro atoms. The molecule has 2 rings (SSSR count). The van der Waals surface area contributed by atoms with E-state index in [0.717, 1.165) is 51.4 Å². The summed E-state index contributed by atoms with van der Waals surface area (Å²) in [7, 11) is 0. The molecule has 2 amide bonds. The van der Waals surface area contributed by atoms with Gasteiger partial charge in [0.1, 0.15) is 0 Å². The van der Waals surface area contributed by atoms with Crippen molar-refractivity contribution in [3.63, 3.8) is 0 Å². The van der Waals surface area contributed by atoms with Crippen LogP contribution in [0.25, 0.3) is 0 Å². The average Bonchev–Trinajstić information content (AvgIpc) is 2.85. The number of hydrogen-bond donors (Lipinski definition) is 3. The van der Waals surface area contributed by atoms with Crippen LogP contribution < -0.4 is 10.6 Å². The van der Waals surface area contributed by atoms with Gasteiger partial charge < -0.3 is 15.7 Å². The van der Waals surface area contributed by atoms with Gasteiger partial charge in [0.25, 0.3) is 0 Å². The van der Waals surface area contributed by atoms with Crippen molar-refractivity contribution in [2.45, 2.75) is 74.6 Å². The predicted molar refractivity (Wildman–Crippen MR) is 84.7 cm³/mol. The van der Waals surface area contributed by atoms with Crippen LogP contribution in [-0.4, -0.2) is 40.2 Å². The highest BCUT2D eigenvalue weighted by molar-refractivity contribution is 7.99. The molecule has 2 atom stereocenters. The zero-order valence-electron chi connectivity index (χ0n) is 12.7. The molecular formula is C15H26N2O3S. The van der Waals surface area contributed by atoms with E-state index in [-0.39, 0.29) is 18.5 Å². The van der Waals surface area contributed by atoms with Gasteiger partial charge in [0, 0.05) is 11.3 Å². The van der Waals surface area contributed by atoms with E-state index in [9.17, 15) is 9.59 Å². The minimum atomic E-state index is -0.833. The van der Waals surface area contributed by atoms with Crippen molar-refractivity contribution in [2.24, 2.45) is 0 Å². The van der Waals surface area contributed by atoms with Gasteiger partial charge in [-0.1, -0.05) is 25.7 Å². The minimum Gasteiger partial charge on any atom is -0.481 e. The van der Waals surface area contributed by atoms with Crippen LogP contribution in [0.15, 0.2) is 0 Å². The van der Waals surface area contributed by atoms with E-state index in [1.54, 1.807) is 11.8 Å². The molecule has 2 unspecified atom stereocenters. The molecule has 5 nitrogen and oxygen atoms in total. The molecule has 0 aromatic carbocycles. The van der Waals surface area contributed by atoms with Gasteiger partial charge in [0.2, 0.25) is 0 Å². The predicted octanol–water partition coefficient (Wildman–Crippen LogP) is 2.75. The van der Waals surface area contributed by atoms with E-state index in [1.807, 2.05) is 0 Å². The van der Waals surface area contributed by atoms with Crippen molar-refractivity contribution in [2.75, 3.05) is 6.26 Å². The van der Waals surface area contributed by atoms with Crippen LogP contribution in [0.5, 0.6) is 0 Å². The van der Waals surface area contributed by atoms with Crippen LogP contribution in [0.2, 0.25) is 0 Å². The number of aliphatic carboxylic acids is 1. The first kappa shape index (κ1) is 16.5. The van der Waals surface area contributed by atoms with Gasteiger partial charge in [0.15, 0.2) is 0 Å². The summed E-state index contributed by atoms with van der Waals surface area (Å²) >= 11 is 1.80. The Morgan fingerprint density at radius 3 is 2.52 bits per heavy atom. The molecule has 0 heterocycles. The number of rotatable bonds is 5. The van der Waals surface area contributed by atoms with Gasteiger partial charge in [-0.25, -0.2) is 4.79 Å². The highest BCUT2D eigenvalue weighted by atomic mass is 32.2. The Balaban J connectivity index is 1.93. The van der Waals surface area contributed by atoms with Crippen LogP contribution in [0.3, 0.4) is 0 Å². The van der Waals surface area contributed by atoms with E-state index in [0.29, 0.717) is 5.25 Å². The molecule has 2 aliphatic rings. The maximum absolute atomic E-state index is 12.3. The Morgan fingerprint density at radius 2 is 1.90 bits per heavy atom. The fourth-order valence-corrected chi connectivity index (χ4v) is 4.62. The standard InChI is InChI=1S/C15H26N2O3S/c1-21-12-7-5-6-11(12)16-14(20)17-15(10-13(18)19)8-3-2-4-9-15/h11-12H,2-10H2,1H3,(H,18,19)(H2,16,17,20). The summed E-state index contributed by atoms with van der Waals surface area (Å²) in [6, 6.07) is 0.0227. The van der Waals surface area contributed by atoms with Crippen LogP contribution in [0, 0.1) is 0 Å². The molecule has 3 N–H and O–H groups in total. The third kappa shape index (κ3) is 4.53. The van der Waals surface area contributed by atoms with Crippen molar-refractivity contribution in [1.82, 2.24) is 10.6 Å². The molecule has 6 heteroatoms. The first-order valence-electron chi connectivity index (χ1n) is 7.88. The Kier molecular flexibility index (Phi) is 5.79. The second kappa shape index (κ2) is 7.38. The normalized spacial score (nSPS) is 28.0. The summed E-state index contributed by atoms with van der Waals surface area (Å²) in [6.45, 7) is 0. The highest BCUT2D eigenvalue weighted by Gasteiger charge is 2.37. The maximum Gasteiger partial charge on any atom is 0.315 e. The molecule has 0 aliphatic heterocycles. The number of urea groups is 1. The lowest BCUT2D eigenvalue weighted by Crippen LogP contribution is -2.56. The van der Waals surface area contributed by atoms with Gasteiger partial charge in [-0.2, -0.15) is 11.8 Å². The van der Waals surface area contributed by atoms with Crippen molar-refractivity contribution in [1.29, 1.82) is 0 Å². The average molecular weight is 314 g/mol. The minimum absolute atomic E-state index is 0.0248. The molecule has 120 valence electrons. The van der Waals surface area contributed by atoms with Crippen LogP contribution >= 0.6 is 11.8 Å². The molecule has 0 saturated heterocycles. The van der Waals surface area contributed by atoms with Gasteiger partial charge >= 0.3 is 12.0 Å². The van der Waals surface area contributed by atoms with Gasteiger partial charge in [0.05, 0.1) is 12.0 Å². The second-order valence-corrected chi connectivity index (χ2v) is 7.40. The van der Waals surface area contributed by atoms with E-state index in [2.05, 4.69) is 16.9 Å². The number of carboxylic acid groups (broad SMARTS) is 1. The van der Waals surface area contributed by atoms with Crippen molar-refractivity contribution in [3.05, 3.63) is 0 Å². The number of carbonyl (C=O) groups excluding carboxylic acids is 1. The summed E-state index contributed by atoms with van der Waals surface area (Å²) in [6.07, 6.45) is 10.1. The molecule has 0 aromatic heterocycles. The Morgan fingerprint density at radius 1 is 1.19 bits per heavy atom. The first-order chi connectivity index (χ1) is 10.0. The van der Waals surface area contributed by atoms with E-state index >= 15 is 0 Å². The fraction of sp³-hybridized carbons (Fsp3) is 0.867. The van der Waals surface area contributed by atoms with Crippen molar-refractivity contribution >= 4 is 23.8 Å². The Bertz CT molecular complexity index is 383. The van der Waals surface area contributed by atoms with Gasteiger partial charge in [-0.3, -0.25) is 4.79 Å². The van der Waals surface area contributed by atoms with Gasteiger partial charge in [-0.05, 0) is 31.9 Å². The summed E-state index contributed by atoms with van der Waals surface area (Å²) in [4.78, 5) is 23.4. The fourth-order valence-electron chi connectivity index (χ4n) is 3.68. The lowest BCUT2D eigenvalue weighted by atomic mass is 9.79. The zero-order valence-corrected chi connectivity index (χ0v) is 13.5. The molecule has 2 aliphatic carbocycles. The monoisotopic (exact) mass is 314 g/mol. The van der Waals surface area contributed by atoms with E-state index in [4.69, 9.17) is 5.11 Å².